The number of aliphatic carboxylic acids is 1. The van der Waals surface area contributed by atoms with Gasteiger partial charge in [-0.3, -0.25) is 4.79 Å². The fraction of sp³-hybridized carbons (Fsp3) is 0.211. The average molecular weight is 355 g/mol. The summed E-state index contributed by atoms with van der Waals surface area (Å²) in [7, 11) is 0. The monoisotopic (exact) mass is 355 g/mol. The Morgan fingerprint density at radius 3 is 2.54 bits per heavy atom. The first-order valence-electron chi connectivity index (χ1n) is 8.06. The fourth-order valence-electron chi connectivity index (χ4n) is 2.64. The quantitative estimate of drug-likeness (QED) is 0.830. The molecule has 0 bridgehead atoms. The van der Waals surface area contributed by atoms with Crippen molar-refractivity contribution in [2.75, 3.05) is 0 Å². The van der Waals surface area contributed by atoms with Crippen LogP contribution in [-0.2, 0) is 20.8 Å². The van der Waals surface area contributed by atoms with Gasteiger partial charge < -0.3 is 20.1 Å². The van der Waals surface area contributed by atoms with Gasteiger partial charge in [-0.1, -0.05) is 47.6 Å². The standard InChI is InChI=1S/C19H17FN2O4/c20-14-8-6-13(7-9-14)15-11-17(26-22-15)18(23)21-16(19(24)25)10-12-4-2-1-3-5-12/h1-9,16-17H,10-11H2,(H,21,23)(H,24,25)/p-1/t16-,17-/m1/s1. The molecule has 134 valence electrons. The summed E-state index contributed by atoms with van der Waals surface area (Å²) in [5, 5.41) is 17.6. The summed E-state index contributed by atoms with van der Waals surface area (Å²) >= 11 is 0. The lowest BCUT2D eigenvalue weighted by Gasteiger charge is -2.21. The average Bonchev–Trinajstić information content (AvgIpc) is 3.13. The number of rotatable bonds is 6. The maximum Gasteiger partial charge on any atom is 0.264 e. The Morgan fingerprint density at radius 1 is 1.19 bits per heavy atom. The highest BCUT2D eigenvalue weighted by atomic mass is 19.1. The molecule has 0 aliphatic carbocycles. The molecule has 0 spiro atoms. The van der Waals surface area contributed by atoms with E-state index in [1.165, 1.54) is 24.3 Å². The van der Waals surface area contributed by atoms with Crippen molar-refractivity contribution >= 4 is 17.6 Å². The second-order valence-electron chi connectivity index (χ2n) is 5.91. The van der Waals surface area contributed by atoms with Crippen LogP contribution in [0.2, 0.25) is 0 Å². The molecule has 0 fully saturated rings. The zero-order valence-electron chi connectivity index (χ0n) is 13.7. The zero-order valence-corrected chi connectivity index (χ0v) is 13.7. The number of nitrogens with one attached hydrogen (secondary N) is 1. The van der Waals surface area contributed by atoms with Crippen molar-refractivity contribution in [1.82, 2.24) is 5.32 Å². The van der Waals surface area contributed by atoms with Gasteiger partial charge in [0.1, 0.15) is 5.82 Å². The molecule has 1 N–H and O–H groups in total. The lowest BCUT2D eigenvalue weighted by Crippen LogP contribution is -2.51. The van der Waals surface area contributed by atoms with Gasteiger partial charge in [-0.05, 0) is 29.7 Å². The number of amides is 1. The van der Waals surface area contributed by atoms with Crippen LogP contribution in [0.3, 0.4) is 0 Å². The molecule has 2 aromatic rings. The van der Waals surface area contributed by atoms with Crippen LogP contribution >= 0.6 is 0 Å². The van der Waals surface area contributed by atoms with E-state index in [0.717, 1.165) is 5.56 Å². The lowest BCUT2D eigenvalue weighted by molar-refractivity contribution is -0.308. The Kier molecular flexibility index (Phi) is 5.26. The molecule has 1 aliphatic rings. The van der Waals surface area contributed by atoms with Crippen molar-refractivity contribution in [3.05, 3.63) is 71.5 Å². The van der Waals surface area contributed by atoms with E-state index in [4.69, 9.17) is 4.84 Å². The number of benzene rings is 2. The molecule has 0 unspecified atom stereocenters. The van der Waals surface area contributed by atoms with Crippen LogP contribution in [0, 0.1) is 5.82 Å². The molecule has 7 heteroatoms. The van der Waals surface area contributed by atoms with Gasteiger partial charge in [-0.2, -0.15) is 0 Å². The molecule has 1 aliphatic heterocycles. The summed E-state index contributed by atoms with van der Waals surface area (Å²) in [5.74, 6) is -2.34. The van der Waals surface area contributed by atoms with E-state index in [1.54, 1.807) is 24.3 Å². The molecular formula is C19H16FN2O4-. The third-order valence-corrected chi connectivity index (χ3v) is 4.02. The molecule has 0 saturated heterocycles. The molecule has 2 atom stereocenters. The number of carbonyl (C=O) groups is 2. The minimum Gasteiger partial charge on any atom is -0.548 e. The topological polar surface area (TPSA) is 90.8 Å². The highest BCUT2D eigenvalue weighted by Gasteiger charge is 2.30. The van der Waals surface area contributed by atoms with Crippen molar-refractivity contribution in [3.8, 4) is 0 Å². The third-order valence-electron chi connectivity index (χ3n) is 4.02. The number of oxime groups is 1. The van der Waals surface area contributed by atoms with Gasteiger partial charge in [-0.25, -0.2) is 4.39 Å². The van der Waals surface area contributed by atoms with Gasteiger partial charge in [0.2, 0.25) is 6.10 Å². The summed E-state index contributed by atoms with van der Waals surface area (Å²) < 4.78 is 13.0. The SMILES string of the molecule is O=C([O-])[C@@H](Cc1ccccc1)NC(=O)[C@H]1CC(c2ccc(F)cc2)=NO1. The predicted molar refractivity (Wildman–Crippen MR) is 89.5 cm³/mol. The number of carboxylic acid groups (broad SMARTS) is 1. The number of carboxylic acids is 1. The Balaban J connectivity index is 1.60. The molecule has 0 aromatic heterocycles. The van der Waals surface area contributed by atoms with Gasteiger partial charge in [-0.15, -0.1) is 0 Å². The van der Waals surface area contributed by atoms with E-state index in [2.05, 4.69) is 10.5 Å². The van der Waals surface area contributed by atoms with Gasteiger partial charge in [0.25, 0.3) is 5.91 Å². The van der Waals surface area contributed by atoms with Crippen LogP contribution in [-0.4, -0.2) is 29.7 Å². The first-order valence-corrected chi connectivity index (χ1v) is 8.06. The van der Waals surface area contributed by atoms with E-state index >= 15 is 0 Å². The van der Waals surface area contributed by atoms with Crippen molar-refractivity contribution in [1.29, 1.82) is 0 Å². The molecule has 0 radical (unpaired) electrons. The van der Waals surface area contributed by atoms with Gasteiger partial charge in [0, 0.05) is 6.42 Å². The summed E-state index contributed by atoms with van der Waals surface area (Å²) in [6.07, 6.45) is -0.664. The van der Waals surface area contributed by atoms with Gasteiger partial charge in [0.05, 0.1) is 17.7 Å². The lowest BCUT2D eigenvalue weighted by atomic mass is 10.0. The first-order chi connectivity index (χ1) is 12.5. The molecule has 2 aromatic carbocycles. The Morgan fingerprint density at radius 2 is 1.88 bits per heavy atom. The van der Waals surface area contributed by atoms with Crippen LogP contribution in [0.25, 0.3) is 0 Å². The number of carbonyl (C=O) groups excluding carboxylic acids is 2. The van der Waals surface area contributed by atoms with E-state index < -0.39 is 24.0 Å². The minimum absolute atomic E-state index is 0.104. The summed E-state index contributed by atoms with van der Waals surface area (Å²) in [4.78, 5) is 28.8. The zero-order chi connectivity index (χ0) is 18.5. The maximum absolute atomic E-state index is 13.0. The highest BCUT2D eigenvalue weighted by Crippen LogP contribution is 2.17. The van der Waals surface area contributed by atoms with Crippen molar-refractivity contribution in [2.24, 2.45) is 5.16 Å². The third kappa shape index (κ3) is 4.24. The number of hydrogen-bond donors (Lipinski definition) is 1. The Hall–Kier alpha value is -3.22. The largest absolute Gasteiger partial charge is 0.548 e. The summed E-state index contributed by atoms with van der Waals surface area (Å²) in [5.41, 5.74) is 1.90. The predicted octanol–water partition coefficient (Wildman–Crippen LogP) is 0.796. The maximum atomic E-state index is 13.0. The van der Waals surface area contributed by atoms with Crippen molar-refractivity contribution in [2.45, 2.75) is 25.0 Å². The Labute approximate surface area is 149 Å². The number of nitrogens with zero attached hydrogens (tertiary/aromatic N) is 1. The van der Waals surface area contributed by atoms with E-state index in [1.807, 2.05) is 6.07 Å². The van der Waals surface area contributed by atoms with Gasteiger partial charge >= 0.3 is 0 Å². The summed E-state index contributed by atoms with van der Waals surface area (Å²) in [6.45, 7) is 0. The molecule has 1 heterocycles. The molecule has 26 heavy (non-hydrogen) atoms. The molecule has 6 nitrogen and oxygen atoms in total. The van der Waals surface area contributed by atoms with E-state index in [0.29, 0.717) is 11.3 Å². The molecule has 1 amide bonds. The van der Waals surface area contributed by atoms with Crippen molar-refractivity contribution < 1.29 is 23.9 Å². The number of hydrogen-bond acceptors (Lipinski definition) is 5. The molecule has 0 saturated carbocycles. The normalized spacial score (nSPS) is 17.1. The summed E-state index contributed by atoms with van der Waals surface area (Å²) in [6, 6.07) is 13.4. The molecule has 3 rings (SSSR count). The van der Waals surface area contributed by atoms with Crippen LogP contribution in [0.1, 0.15) is 17.5 Å². The van der Waals surface area contributed by atoms with Crippen LogP contribution < -0.4 is 10.4 Å². The van der Waals surface area contributed by atoms with Crippen LogP contribution in [0.15, 0.2) is 59.8 Å². The highest BCUT2D eigenvalue weighted by molar-refractivity contribution is 6.04. The fourth-order valence-corrected chi connectivity index (χ4v) is 2.64. The van der Waals surface area contributed by atoms with E-state index in [9.17, 15) is 19.1 Å². The van der Waals surface area contributed by atoms with Crippen LogP contribution in [0.4, 0.5) is 4.39 Å². The molecular weight excluding hydrogens is 339 g/mol. The second-order valence-corrected chi connectivity index (χ2v) is 5.91. The van der Waals surface area contributed by atoms with Crippen LogP contribution in [0.5, 0.6) is 0 Å². The smallest absolute Gasteiger partial charge is 0.264 e. The minimum atomic E-state index is -1.38. The number of halogens is 1. The first kappa shape index (κ1) is 17.6. The Bertz CT molecular complexity index is 821. The van der Waals surface area contributed by atoms with E-state index in [-0.39, 0.29) is 18.7 Å². The van der Waals surface area contributed by atoms with Gasteiger partial charge in [0.15, 0.2) is 0 Å². The van der Waals surface area contributed by atoms with Crippen molar-refractivity contribution in [3.63, 3.8) is 0 Å². The second kappa shape index (κ2) is 7.77.